The van der Waals surface area contributed by atoms with E-state index in [4.69, 9.17) is 5.11 Å². The van der Waals surface area contributed by atoms with E-state index in [0.29, 0.717) is 17.8 Å². The number of carbonyl (C=O) groups excluding carboxylic acids is 1. The van der Waals surface area contributed by atoms with Gasteiger partial charge in [-0.3, -0.25) is 4.79 Å². The Balaban J connectivity index is 1.94. The van der Waals surface area contributed by atoms with Gasteiger partial charge in [0.1, 0.15) is 0 Å². The van der Waals surface area contributed by atoms with Gasteiger partial charge in [-0.1, -0.05) is 12.2 Å². The van der Waals surface area contributed by atoms with Gasteiger partial charge in [0.15, 0.2) is 0 Å². The average molecular weight is 180 g/mol. The van der Waals surface area contributed by atoms with Crippen molar-refractivity contribution in [1.29, 1.82) is 0 Å². The molecule has 0 aromatic rings. The molecule has 3 nitrogen and oxygen atoms in total. The fourth-order valence-corrected chi connectivity index (χ4v) is 2.45. The number of ketones is 1. The van der Waals surface area contributed by atoms with Gasteiger partial charge in [0, 0.05) is 6.42 Å². The summed E-state index contributed by atoms with van der Waals surface area (Å²) in [6.45, 7) is 0. The van der Waals surface area contributed by atoms with Crippen LogP contribution in [-0.4, -0.2) is 16.9 Å². The van der Waals surface area contributed by atoms with Gasteiger partial charge in [0.2, 0.25) is 5.78 Å². The van der Waals surface area contributed by atoms with Gasteiger partial charge in [-0.05, 0) is 30.6 Å². The van der Waals surface area contributed by atoms with E-state index < -0.39 is 11.8 Å². The van der Waals surface area contributed by atoms with Gasteiger partial charge < -0.3 is 5.11 Å². The van der Waals surface area contributed by atoms with Crippen LogP contribution in [-0.2, 0) is 9.59 Å². The minimum atomic E-state index is -1.29. The first-order valence-corrected chi connectivity index (χ1v) is 4.61. The number of Topliss-reactive ketones (excluding diaryl/α,β-unsaturated/α-hetero) is 1. The minimum Gasteiger partial charge on any atom is -0.476 e. The first-order chi connectivity index (χ1) is 6.16. The molecule has 0 amide bonds. The number of fused-ring (bicyclic) bond motifs is 2. The summed E-state index contributed by atoms with van der Waals surface area (Å²) in [6.07, 6.45) is 6.67. The van der Waals surface area contributed by atoms with E-state index in [1.165, 1.54) is 0 Å². The minimum absolute atomic E-state index is 0.223. The highest BCUT2D eigenvalue weighted by Gasteiger charge is 2.37. The molecular formula is C10H12O3. The summed E-state index contributed by atoms with van der Waals surface area (Å²) < 4.78 is 0. The van der Waals surface area contributed by atoms with Crippen molar-refractivity contribution in [2.75, 3.05) is 0 Å². The van der Waals surface area contributed by atoms with Crippen LogP contribution in [0.3, 0.4) is 0 Å². The second-order valence-electron chi connectivity index (χ2n) is 3.97. The Hall–Kier alpha value is -1.12. The lowest BCUT2D eigenvalue weighted by molar-refractivity contribution is -0.149. The SMILES string of the molecule is O=C(O)C(=O)CC1CC2C=CC1C2. The number of carboxylic acid groups (broad SMARTS) is 1. The second kappa shape index (κ2) is 2.98. The van der Waals surface area contributed by atoms with Crippen LogP contribution in [0.15, 0.2) is 12.2 Å². The summed E-state index contributed by atoms with van der Waals surface area (Å²) in [4.78, 5) is 21.3. The Morgan fingerprint density at radius 2 is 2.08 bits per heavy atom. The summed E-state index contributed by atoms with van der Waals surface area (Å²) in [5, 5.41) is 8.44. The number of rotatable bonds is 3. The molecular weight excluding hydrogens is 168 g/mol. The number of carbonyl (C=O) groups is 2. The summed E-state index contributed by atoms with van der Waals surface area (Å²) in [5.74, 6) is -0.554. The summed E-state index contributed by atoms with van der Waals surface area (Å²) >= 11 is 0. The van der Waals surface area contributed by atoms with Crippen molar-refractivity contribution in [3.05, 3.63) is 12.2 Å². The van der Waals surface area contributed by atoms with E-state index >= 15 is 0 Å². The standard InChI is InChI=1S/C10H12O3/c11-9(10(12)13)5-8-4-6-1-2-7(8)3-6/h1-2,6-8H,3-5H2,(H,12,13). The van der Waals surface area contributed by atoms with Crippen molar-refractivity contribution in [3.8, 4) is 0 Å². The van der Waals surface area contributed by atoms with E-state index in [9.17, 15) is 9.59 Å². The molecule has 0 heterocycles. The van der Waals surface area contributed by atoms with Crippen LogP contribution < -0.4 is 0 Å². The summed E-state index contributed by atoms with van der Waals surface area (Å²) in [6, 6.07) is 0. The molecule has 0 aromatic carbocycles. The number of aliphatic carboxylic acids is 1. The molecule has 13 heavy (non-hydrogen) atoms. The third kappa shape index (κ3) is 1.50. The first kappa shape index (κ1) is 8.48. The zero-order chi connectivity index (χ0) is 9.42. The molecule has 1 fully saturated rings. The monoisotopic (exact) mass is 180 g/mol. The van der Waals surface area contributed by atoms with E-state index in [2.05, 4.69) is 12.2 Å². The predicted octanol–water partition coefficient (Wildman–Crippen LogP) is 1.24. The molecule has 1 saturated carbocycles. The third-order valence-corrected chi connectivity index (χ3v) is 3.10. The van der Waals surface area contributed by atoms with Crippen LogP contribution in [0.2, 0.25) is 0 Å². The zero-order valence-electron chi connectivity index (χ0n) is 7.27. The van der Waals surface area contributed by atoms with Crippen LogP contribution >= 0.6 is 0 Å². The van der Waals surface area contributed by atoms with Crippen molar-refractivity contribution >= 4 is 11.8 Å². The first-order valence-electron chi connectivity index (χ1n) is 4.61. The van der Waals surface area contributed by atoms with Gasteiger partial charge in [0.25, 0.3) is 0 Å². The van der Waals surface area contributed by atoms with Crippen molar-refractivity contribution in [2.24, 2.45) is 17.8 Å². The Labute approximate surface area is 76.4 Å². The highest BCUT2D eigenvalue weighted by Crippen LogP contribution is 2.44. The molecule has 0 saturated heterocycles. The number of allylic oxidation sites excluding steroid dienone is 2. The molecule has 2 bridgehead atoms. The largest absolute Gasteiger partial charge is 0.476 e. The van der Waals surface area contributed by atoms with E-state index in [1.54, 1.807) is 0 Å². The molecule has 2 aliphatic rings. The third-order valence-electron chi connectivity index (χ3n) is 3.10. The molecule has 3 atom stereocenters. The van der Waals surface area contributed by atoms with Gasteiger partial charge >= 0.3 is 5.97 Å². The average Bonchev–Trinajstić information content (AvgIpc) is 2.64. The van der Waals surface area contributed by atoms with Crippen molar-refractivity contribution in [1.82, 2.24) is 0 Å². The lowest BCUT2D eigenvalue weighted by Crippen LogP contribution is -2.19. The van der Waals surface area contributed by atoms with Crippen LogP contribution in [0.1, 0.15) is 19.3 Å². The fraction of sp³-hybridized carbons (Fsp3) is 0.600. The van der Waals surface area contributed by atoms with Crippen molar-refractivity contribution in [2.45, 2.75) is 19.3 Å². The molecule has 2 aliphatic carbocycles. The quantitative estimate of drug-likeness (QED) is 0.525. The molecule has 3 heteroatoms. The maximum Gasteiger partial charge on any atom is 0.372 e. The number of hydrogen-bond acceptors (Lipinski definition) is 2. The Kier molecular flexibility index (Phi) is 1.94. The summed E-state index contributed by atoms with van der Waals surface area (Å²) in [5.41, 5.74) is 0. The van der Waals surface area contributed by atoms with E-state index in [-0.39, 0.29) is 6.42 Å². The summed E-state index contributed by atoms with van der Waals surface area (Å²) in [7, 11) is 0. The van der Waals surface area contributed by atoms with Crippen molar-refractivity contribution in [3.63, 3.8) is 0 Å². The highest BCUT2D eigenvalue weighted by atomic mass is 16.4. The maximum absolute atomic E-state index is 11.0. The molecule has 0 spiro atoms. The molecule has 1 N–H and O–H groups in total. The lowest BCUT2D eigenvalue weighted by atomic mass is 9.89. The van der Waals surface area contributed by atoms with E-state index in [0.717, 1.165) is 12.8 Å². The Morgan fingerprint density at radius 3 is 2.54 bits per heavy atom. The molecule has 2 rings (SSSR count). The lowest BCUT2D eigenvalue weighted by Gasteiger charge is -2.15. The van der Waals surface area contributed by atoms with Crippen molar-refractivity contribution < 1.29 is 14.7 Å². The van der Waals surface area contributed by atoms with Gasteiger partial charge in [-0.15, -0.1) is 0 Å². The topological polar surface area (TPSA) is 54.4 Å². The Bertz CT molecular complexity index is 280. The van der Waals surface area contributed by atoms with Gasteiger partial charge in [-0.2, -0.15) is 0 Å². The van der Waals surface area contributed by atoms with Crippen LogP contribution in [0.4, 0.5) is 0 Å². The normalized spacial score (nSPS) is 35.2. The van der Waals surface area contributed by atoms with Gasteiger partial charge in [-0.25, -0.2) is 4.79 Å². The number of hydrogen-bond donors (Lipinski definition) is 1. The fourth-order valence-electron chi connectivity index (χ4n) is 2.45. The molecule has 70 valence electrons. The predicted molar refractivity (Wildman–Crippen MR) is 46.1 cm³/mol. The zero-order valence-corrected chi connectivity index (χ0v) is 7.27. The smallest absolute Gasteiger partial charge is 0.372 e. The van der Waals surface area contributed by atoms with Crippen LogP contribution in [0, 0.1) is 17.8 Å². The molecule has 3 unspecified atom stereocenters. The molecule has 0 aromatic heterocycles. The Morgan fingerprint density at radius 1 is 1.31 bits per heavy atom. The van der Waals surface area contributed by atoms with Crippen LogP contribution in [0.5, 0.6) is 0 Å². The highest BCUT2D eigenvalue weighted by molar-refractivity contribution is 6.32. The number of carboxylic acids is 1. The second-order valence-corrected chi connectivity index (χ2v) is 3.97. The van der Waals surface area contributed by atoms with E-state index in [1.807, 2.05) is 0 Å². The van der Waals surface area contributed by atoms with Gasteiger partial charge in [0.05, 0.1) is 0 Å². The van der Waals surface area contributed by atoms with Crippen LogP contribution in [0.25, 0.3) is 0 Å². The maximum atomic E-state index is 11.0. The molecule has 0 radical (unpaired) electrons. The molecule has 0 aliphatic heterocycles.